The smallest absolute Gasteiger partial charge is 0.303 e. The van der Waals surface area contributed by atoms with Crippen LogP contribution in [0.25, 0.3) is 0 Å². The number of aliphatic carboxylic acids is 1. The lowest BCUT2D eigenvalue weighted by atomic mass is 9.98. The first kappa shape index (κ1) is 17.2. The van der Waals surface area contributed by atoms with Crippen LogP contribution in [0.2, 0.25) is 0 Å². The SMILES string of the molecule is Cc1ccc(C(=O)NCC(=O)NC(C)(C)CCC(=O)O)s1. The van der Waals surface area contributed by atoms with E-state index in [4.69, 9.17) is 5.11 Å². The highest BCUT2D eigenvalue weighted by atomic mass is 32.1. The van der Waals surface area contributed by atoms with E-state index in [1.165, 1.54) is 11.3 Å². The fourth-order valence-electron chi connectivity index (χ4n) is 1.71. The Bertz CT molecular complexity index is 537. The first-order valence-electron chi connectivity index (χ1n) is 6.57. The minimum absolute atomic E-state index is 0.0197. The van der Waals surface area contributed by atoms with Crippen LogP contribution in [0.3, 0.4) is 0 Å². The molecule has 0 spiro atoms. The third-order valence-corrected chi connectivity index (χ3v) is 3.81. The van der Waals surface area contributed by atoms with Gasteiger partial charge >= 0.3 is 5.97 Å². The Morgan fingerprint density at radius 2 is 1.95 bits per heavy atom. The van der Waals surface area contributed by atoms with Gasteiger partial charge in [-0.25, -0.2) is 0 Å². The van der Waals surface area contributed by atoms with Crippen molar-refractivity contribution in [2.75, 3.05) is 6.54 Å². The van der Waals surface area contributed by atoms with Crippen LogP contribution < -0.4 is 10.6 Å². The summed E-state index contributed by atoms with van der Waals surface area (Å²) in [5.41, 5.74) is -0.625. The van der Waals surface area contributed by atoms with E-state index in [-0.39, 0.29) is 24.8 Å². The summed E-state index contributed by atoms with van der Waals surface area (Å²) in [6.07, 6.45) is 0.306. The van der Waals surface area contributed by atoms with Gasteiger partial charge in [0.2, 0.25) is 5.91 Å². The number of hydrogen-bond acceptors (Lipinski definition) is 4. The van der Waals surface area contributed by atoms with E-state index >= 15 is 0 Å². The molecule has 116 valence electrons. The molecule has 1 heterocycles. The second kappa shape index (κ2) is 7.21. The molecule has 1 aromatic heterocycles. The number of nitrogens with one attached hydrogen (secondary N) is 2. The average Bonchev–Trinajstić information content (AvgIpc) is 2.80. The van der Waals surface area contributed by atoms with Crippen LogP contribution in [0, 0.1) is 6.92 Å². The molecule has 0 fully saturated rings. The van der Waals surface area contributed by atoms with E-state index < -0.39 is 11.5 Å². The molecule has 0 radical (unpaired) electrons. The minimum Gasteiger partial charge on any atom is -0.481 e. The van der Waals surface area contributed by atoms with Crippen LogP contribution in [0.1, 0.15) is 41.2 Å². The van der Waals surface area contributed by atoms with Gasteiger partial charge in [-0.05, 0) is 39.3 Å². The van der Waals surface area contributed by atoms with Crippen molar-refractivity contribution in [2.24, 2.45) is 0 Å². The van der Waals surface area contributed by atoms with Gasteiger partial charge in [0.25, 0.3) is 5.91 Å². The van der Waals surface area contributed by atoms with Crippen molar-refractivity contribution in [3.63, 3.8) is 0 Å². The Morgan fingerprint density at radius 1 is 1.29 bits per heavy atom. The molecule has 0 bridgehead atoms. The van der Waals surface area contributed by atoms with E-state index in [2.05, 4.69) is 10.6 Å². The van der Waals surface area contributed by atoms with Crippen molar-refractivity contribution in [2.45, 2.75) is 39.2 Å². The number of amides is 2. The number of carbonyl (C=O) groups excluding carboxylic acids is 2. The second-order valence-corrected chi connectivity index (χ2v) is 6.71. The summed E-state index contributed by atoms with van der Waals surface area (Å²) in [6.45, 7) is 5.27. The molecule has 1 rings (SSSR count). The molecule has 21 heavy (non-hydrogen) atoms. The molecule has 0 saturated heterocycles. The highest BCUT2D eigenvalue weighted by Crippen LogP contribution is 2.14. The zero-order valence-electron chi connectivity index (χ0n) is 12.4. The van der Waals surface area contributed by atoms with Crippen LogP contribution in [0.4, 0.5) is 0 Å². The molecule has 0 aliphatic carbocycles. The molecule has 6 nitrogen and oxygen atoms in total. The Kier molecular flexibility index (Phi) is 5.90. The molecule has 3 N–H and O–H groups in total. The molecule has 0 aromatic carbocycles. The van der Waals surface area contributed by atoms with Crippen molar-refractivity contribution in [3.05, 3.63) is 21.9 Å². The lowest BCUT2D eigenvalue weighted by molar-refractivity contribution is -0.137. The third-order valence-electron chi connectivity index (χ3n) is 2.82. The van der Waals surface area contributed by atoms with Crippen molar-refractivity contribution in [1.29, 1.82) is 0 Å². The number of carboxylic acid groups (broad SMARTS) is 1. The summed E-state index contributed by atoms with van der Waals surface area (Å²) in [6, 6.07) is 3.55. The predicted molar refractivity (Wildman–Crippen MR) is 80.5 cm³/mol. The number of carboxylic acids is 1. The molecule has 0 aliphatic heterocycles. The quantitative estimate of drug-likeness (QED) is 0.712. The Hall–Kier alpha value is -1.89. The maximum absolute atomic E-state index is 11.8. The van der Waals surface area contributed by atoms with Crippen molar-refractivity contribution >= 4 is 29.1 Å². The lowest BCUT2D eigenvalue weighted by Crippen LogP contribution is -2.47. The summed E-state index contributed by atoms with van der Waals surface area (Å²) in [5.74, 6) is -1.53. The summed E-state index contributed by atoms with van der Waals surface area (Å²) < 4.78 is 0. The van der Waals surface area contributed by atoms with Crippen molar-refractivity contribution in [3.8, 4) is 0 Å². The van der Waals surface area contributed by atoms with Gasteiger partial charge < -0.3 is 15.7 Å². The Balaban J connectivity index is 2.40. The topological polar surface area (TPSA) is 95.5 Å². The molecule has 1 aromatic rings. The number of carbonyl (C=O) groups is 3. The summed E-state index contributed by atoms with van der Waals surface area (Å²) >= 11 is 1.36. The highest BCUT2D eigenvalue weighted by molar-refractivity contribution is 7.13. The number of rotatable bonds is 7. The predicted octanol–water partition coefficient (Wildman–Crippen LogP) is 1.55. The van der Waals surface area contributed by atoms with E-state index in [0.717, 1.165) is 4.88 Å². The van der Waals surface area contributed by atoms with Gasteiger partial charge in [0.1, 0.15) is 0 Å². The molecule has 0 unspecified atom stereocenters. The third kappa shape index (κ3) is 6.40. The van der Waals surface area contributed by atoms with Gasteiger partial charge in [-0.15, -0.1) is 11.3 Å². The molecule has 0 saturated carbocycles. The molecular weight excluding hydrogens is 292 g/mol. The maximum Gasteiger partial charge on any atom is 0.303 e. The lowest BCUT2D eigenvalue weighted by Gasteiger charge is -2.25. The fourth-order valence-corrected chi connectivity index (χ4v) is 2.49. The fraction of sp³-hybridized carbons (Fsp3) is 0.500. The monoisotopic (exact) mass is 312 g/mol. The van der Waals surface area contributed by atoms with E-state index in [1.807, 2.05) is 13.0 Å². The highest BCUT2D eigenvalue weighted by Gasteiger charge is 2.21. The summed E-state index contributed by atoms with van der Waals surface area (Å²) in [4.78, 5) is 35.7. The summed E-state index contributed by atoms with van der Waals surface area (Å²) in [5, 5.41) is 13.9. The van der Waals surface area contributed by atoms with Gasteiger partial charge in [0.05, 0.1) is 11.4 Å². The first-order chi connectivity index (χ1) is 9.69. The van der Waals surface area contributed by atoms with Crippen LogP contribution in [0.5, 0.6) is 0 Å². The van der Waals surface area contributed by atoms with Gasteiger partial charge in [-0.1, -0.05) is 0 Å². The normalized spacial score (nSPS) is 11.0. The van der Waals surface area contributed by atoms with Crippen LogP contribution >= 0.6 is 11.3 Å². The minimum atomic E-state index is -0.904. The van der Waals surface area contributed by atoms with Crippen molar-refractivity contribution < 1.29 is 19.5 Å². The molecule has 0 aliphatic rings. The maximum atomic E-state index is 11.8. The first-order valence-corrected chi connectivity index (χ1v) is 7.39. The molecule has 7 heteroatoms. The molecular formula is C14H20N2O4S. The van der Waals surface area contributed by atoms with Crippen LogP contribution in [-0.4, -0.2) is 35.0 Å². The second-order valence-electron chi connectivity index (χ2n) is 5.42. The Labute approximate surface area is 127 Å². The van der Waals surface area contributed by atoms with Gasteiger partial charge in [0.15, 0.2) is 0 Å². The van der Waals surface area contributed by atoms with E-state index in [9.17, 15) is 14.4 Å². The number of hydrogen-bond donors (Lipinski definition) is 3. The number of aryl methyl sites for hydroxylation is 1. The average molecular weight is 312 g/mol. The molecule has 0 atom stereocenters. The Morgan fingerprint density at radius 3 is 2.48 bits per heavy atom. The van der Waals surface area contributed by atoms with Crippen LogP contribution in [-0.2, 0) is 9.59 Å². The van der Waals surface area contributed by atoms with E-state index in [1.54, 1.807) is 19.9 Å². The van der Waals surface area contributed by atoms with Gasteiger partial charge in [-0.2, -0.15) is 0 Å². The molecule has 2 amide bonds. The zero-order valence-corrected chi connectivity index (χ0v) is 13.2. The number of thiophene rings is 1. The standard InChI is InChI=1S/C14H20N2O4S/c1-9-4-5-10(21-9)13(20)15-8-11(17)16-14(2,3)7-6-12(18)19/h4-5H,6-8H2,1-3H3,(H,15,20)(H,16,17)(H,18,19). The van der Waals surface area contributed by atoms with Gasteiger partial charge in [0, 0.05) is 16.8 Å². The summed E-state index contributed by atoms with van der Waals surface area (Å²) in [7, 11) is 0. The van der Waals surface area contributed by atoms with E-state index in [0.29, 0.717) is 11.3 Å². The largest absolute Gasteiger partial charge is 0.481 e. The zero-order chi connectivity index (χ0) is 16.0. The van der Waals surface area contributed by atoms with Gasteiger partial charge in [-0.3, -0.25) is 14.4 Å². The van der Waals surface area contributed by atoms with Crippen LogP contribution in [0.15, 0.2) is 12.1 Å². The van der Waals surface area contributed by atoms with Crippen molar-refractivity contribution in [1.82, 2.24) is 10.6 Å².